The SMILES string of the molecule is CCOC(C)n1cc(-c2ncn3nc(N)nc3c2C2CCC2)cn1. The second-order valence-corrected chi connectivity index (χ2v) is 6.14. The third kappa shape index (κ3) is 2.43. The lowest BCUT2D eigenvalue weighted by Gasteiger charge is -2.27. The van der Waals surface area contributed by atoms with Gasteiger partial charge in [-0.15, -0.1) is 5.10 Å². The topological polar surface area (TPSA) is 96.2 Å². The van der Waals surface area contributed by atoms with Crippen molar-refractivity contribution in [3.8, 4) is 11.3 Å². The molecule has 4 rings (SSSR count). The summed E-state index contributed by atoms with van der Waals surface area (Å²) in [6, 6.07) is 0. The zero-order chi connectivity index (χ0) is 16.7. The summed E-state index contributed by atoms with van der Waals surface area (Å²) in [6.45, 7) is 4.59. The lowest BCUT2D eigenvalue weighted by Crippen LogP contribution is -2.13. The first-order valence-corrected chi connectivity index (χ1v) is 8.34. The van der Waals surface area contributed by atoms with Crippen LogP contribution in [0.2, 0.25) is 0 Å². The normalized spacial score (nSPS) is 16.4. The molecule has 0 aromatic carbocycles. The average Bonchev–Trinajstić information content (AvgIpc) is 3.12. The maximum atomic E-state index is 5.78. The smallest absolute Gasteiger partial charge is 0.240 e. The van der Waals surface area contributed by atoms with Crippen LogP contribution in [0.25, 0.3) is 16.9 Å². The molecule has 1 aliphatic rings. The van der Waals surface area contributed by atoms with Gasteiger partial charge in [0.15, 0.2) is 5.65 Å². The average molecular weight is 327 g/mol. The first-order chi connectivity index (χ1) is 11.7. The predicted molar refractivity (Wildman–Crippen MR) is 89.3 cm³/mol. The highest BCUT2D eigenvalue weighted by Crippen LogP contribution is 2.42. The van der Waals surface area contributed by atoms with Crippen molar-refractivity contribution in [1.29, 1.82) is 0 Å². The largest absolute Gasteiger partial charge is 0.366 e. The third-order valence-electron chi connectivity index (χ3n) is 4.61. The fraction of sp³-hybridized carbons (Fsp3) is 0.500. The molecule has 0 bridgehead atoms. The van der Waals surface area contributed by atoms with Crippen molar-refractivity contribution in [1.82, 2.24) is 29.4 Å². The van der Waals surface area contributed by atoms with E-state index in [1.54, 1.807) is 10.8 Å². The van der Waals surface area contributed by atoms with E-state index in [0.717, 1.165) is 35.3 Å². The number of nitrogens with two attached hydrogens (primary N) is 1. The van der Waals surface area contributed by atoms with Crippen LogP contribution < -0.4 is 5.73 Å². The minimum Gasteiger partial charge on any atom is -0.366 e. The van der Waals surface area contributed by atoms with Crippen LogP contribution in [0.1, 0.15) is 50.8 Å². The number of fused-ring (bicyclic) bond motifs is 1. The van der Waals surface area contributed by atoms with Gasteiger partial charge in [-0.05, 0) is 32.6 Å². The standard InChI is InChI=1S/C16H21N7O/c1-3-24-10(2)22-8-12(7-19-22)14-13(11-5-4-6-11)15-20-16(17)21-23(15)9-18-14/h7-11H,3-6H2,1-2H3,(H2,17,21). The van der Waals surface area contributed by atoms with E-state index in [2.05, 4.69) is 20.2 Å². The molecule has 1 atom stereocenters. The van der Waals surface area contributed by atoms with Gasteiger partial charge in [0.05, 0.1) is 11.9 Å². The summed E-state index contributed by atoms with van der Waals surface area (Å²) < 4.78 is 9.08. The molecule has 0 spiro atoms. The maximum Gasteiger partial charge on any atom is 0.240 e. The minimum absolute atomic E-state index is 0.108. The first-order valence-electron chi connectivity index (χ1n) is 8.34. The van der Waals surface area contributed by atoms with E-state index in [1.165, 1.54) is 6.42 Å². The predicted octanol–water partition coefficient (Wildman–Crippen LogP) is 2.39. The Bertz CT molecular complexity index is 865. The van der Waals surface area contributed by atoms with Crippen LogP contribution in [0, 0.1) is 0 Å². The van der Waals surface area contributed by atoms with E-state index in [0.29, 0.717) is 12.5 Å². The number of nitrogen functional groups attached to an aromatic ring is 1. The Morgan fingerprint density at radius 3 is 2.96 bits per heavy atom. The number of rotatable bonds is 5. The summed E-state index contributed by atoms with van der Waals surface area (Å²) in [7, 11) is 0. The molecule has 3 aromatic rings. The van der Waals surface area contributed by atoms with Crippen molar-refractivity contribution >= 4 is 11.6 Å². The van der Waals surface area contributed by atoms with Gasteiger partial charge in [-0.1, -0.05) is 6.42 Å². The van der Waals surface area contributed by atoms with Crippen molar-refractivity contribution in [2.45, 2.75) is 45.3 Å². The molecule has 0 amide bonds. The van der Waals surface area contributed by atoms with Crippen molar-refractivity contribution in [2.75, 3.05) is 12.3 Å². The van der Waals surface area contributed by atoms with Crippen LogP contribution in [-0.2, 0) is 4.74 Å². The van der Waals surface area contributed by atoms with E-state index in [1.807, 2.05) is 30.9 Å². The van der Waals surface area contributed by atoms with Gasteiger partial charge >= 0.3 is 0 Å². The Kier molecular flexibility index (Phi) is 3.68. The molecule has 3 heterocycles. The van der Waals surface area contributed by atoms with Gasteiger partial charge in [-0.3, -0.25) is 0 Å². The summed E-state index contributed by atoms with van der Waals surface area (Å²) in [5, 5.41) is 8.61. The Balaban J connectivity index is 1.81. The number of aromatic nitrogens is 6. The molecule has 3 aromatic heterocycles. The van der Waals surface area contributed by atoms with Gasteiger partial charge in [0.1, 0.15) is 12.6 Å². The van der Waals surface area contributed by atoms with Crippen LogP contribution in [0.5, 0.6) is 0 Å². The van der Waals surface area contributed by atoms with E-state index in [-0.39, 0.29) is 12.2 Å². The number of ether oxygens (including phenoxy) is 1. The summed E-state index contributed by atoms with van der Waals surface area (Å²) in [6.07, 6.45) is 8.88. The Hall–Kier alpha value is -2.48. The molecule has 2 N–H and O–H groups in total. The summed E-state index contributed by atoms with van der Waals surface area (Å²) in [4.78, 5) is 9.03. The minimum atomic E-state index is -0.108. The van der Waals surface area contributed by atoms with E-state index in [4.69, 9.17) is 10.5 Å². The molecule has 0 aliphatic heterocycles. The fourth-order valence-electron chi connectivity index (χ4n) is 3.17. The lowest BCUT2D eigenvalue weighted by atomic mass is 9.79. The number of anilines is 1. The molecule has 24 heavy (non-hydrogen) atoms. The molecule has 126 valence electrons. The van der Waals surface area contributed by atoms with Gasteiger partial charge in [0.25, 0.3) is 0 Å². The number of nitrogens with zero attached hydrogens (tertiary/aromatic N) is 6. The first kappa shape index (κ1) is 15.1. The molecule has 0 radical (unpaired) electrons. The molecule has 8 heteroatoms. The lowest BCUT2D eigenvalue weighted by molar-refractivity contribution is 0.0160. The number of hydrogen-bond acceptors (Lipinski definition) is 6. The molecule has 1 saturated carbocycles. The summed E-state index contributed by atoms with van der Waals surface area (Å²) in [5.41, 5.74) is 9.58. The second-order valence-electron chi connectivity index (χ2n) is 6.14. The van der Waals surface area contributed by atoms with Gasteiger partial charge in [0, 0.05) is 23.9 Å². The number of hydrogen-bond donors (Lipinski definition) is 1. The quantitative estimate of drug-likeness (QED) is 0.773. The van der Waals surface area contributed by atoms with Crippen LogP contribution in [-0.4, -0.2) is 36.0 Å². The van der Waals surface area contributed by atoms with Crippen molar-refractivity contribution in [3.05, 3.63) is 24.3 Å². The molecule has 1 unspecified atom stereocenters. The molecule has 1 aliphatic carbocycles. The molecular weight excluding hydrogens is 306 g/mol. The zero-order valence-electron chi connectivity index (χ0n) is 13.9. The highest BCUT2D eigenvalue weighted by atomic mass is 16.5. The van der Waals surface area contributed by atoms with Crippen LogP contribution >= 0.6 is 0 Å². The van der Waals surface area contributed by atoms with Gasteiger partial charge < -0.3 is 10.5 Å². The van der Waals surface area contributed by atoms with Crippen LogP contribution in [0.15, 0.2) is 18.7 Å². The van der Waals surface area contributed by atoms with Crippen molar-refractivity contribution in [3.63, 3.8) is 0 Å². The van der Waals surface area contributed by atoms with Crippen molar-refractivity contribution < 1.29 is 4.74 Å². The Morgan fingerprint density at radius 1 is 1.42 bits per heavy atom. The molecular formula is C16H21N7O. The van der Waals surface area contributed by atoms with Crippen LogP contribution in [0.4, 0.5) is 5.95 Å². The second kappa shape index (κ2) is 5.86. The highest BCUT2D eigenvalue weighted by molar-refractivity contribution is 5.70. The van der Waals surface area contributed by atoms with E-state index >= 15 is 0 Å². The molecule has 0 saturated heterocycles. The van der Waals surface area contributed by atoms with Gasteiger partial charge in [-0.25, -0.2) is 14.2 Å². The van der Waals surface area contributed by atoms with E-state index in [9.17, 15) is 0 Å². The monoisotopic (exact) mass is 327 g/mol. The van der Waals surface area contributed by atoms with Crippen LogP contribution in [0.3, 0.4) is 0 Å². The molecule has 8 nitrogen and oxygen atoms in total. The van der Waals surface area contributed by atoms with Crippen molar-refractivity contribution in [2.24, 2.45) is 0 Å². The Morgan fingerprint density at radius 2 is 2.25 bits per heavy atom. The van der Waals surface area contributed by atoms with Gasteiger partial charge in [0.2, 0.25) is 5.95 Å². The summed E-state index contributed by atoms with van der Waals surface area (Å²) in [5.74, 6) is 0.725. The zero-order valence-corrected chi connectivity index (χ0v) is 13.9. The highest BCUT2D eigenvalue weighted by Gasteiger charge is 2.28. The Labute approximate surface area is 139 Å². The summed E-state index contributed by atoms with van der Waals surface area (Å²) >= 11 is 0. The molecule has 1 fully saturated rings. The third-order valence-corrected chi connectivity index (χ3v) is 4.61. The fourth-order valence-corrected chi connectivity index (χ4v) is 3.17. The van der Waals surface area contributed by atoms with Gasteiger partial charge in [-0.2, -0.15) is 10.1 Å². The maximum absolute atomic E-state index is 5.78. The van der Waals surface area contributed by atoms with E-state index < -0.39 is 0 Å².